The van der Waals surface area contributed by atoms with Gasteiger partial charge >= 0.3 is 0 Å². The van der Waals surface area contributed by atoms with E-state index in [9.17, 15) is 0 Å². The fourth-order valence-corrected chi connectivity index (χ4v) is 2.06. The number of benzene rings is 1. The second kappa shape index (κ2) is 7.45. The average Bonchev–Trinajstić information content (AvgIpc) is 2.26. The summed E-state index contributed by atoms with van der Waals surface area (Å²) in [4.78, 5) is 0. The van der Waals surface area contributed by atoms with Crippen LogP contribution in [0.15, 0.2) is 30.3 Å². The predicted octanol–water partition coefficient (Wildman–Crippen LogP) is 3.79. The Balaban J connectivity index is 2.49. The number of hydrogen-bond donors (Lipinski definition) is 1. The average molecular weight is 219 g/mol. The minimum atomic E-state index is 0.575. The Morgan fingerprint density at radius 1 is 1.12 bits per heavy atom. The van der Waals surface area contributed by atoms with E-state index in [0.29, 0.717) is 12.1 Å². The molecular formula is C15H25N. The highest BCUT2D eigenvalue weighted by atomic mass is 14.9. The van der Waals surface area contributed by atoms with Crippen LogP contribution in [0.3, 0.4) is 0 Å². The number of unbranched alkanes of at least 4 members (excludes halogenated alkanes) is 1. The molecule has 1 unspecified atom stereocenters. The van der Waals surface area contributed by atoms with Gasteiger partial charge in [0.25, 0.3) is 0 Å². The van der Waals surface area contributed by atoms with Crippen molar-refractivity contribution >= 4 is 0 Å². The maximum absolute atomic E-state index is 3.66. The molecule has 1 N–H and O–H groups in total. The van der Waals surface area contributed by atoms with Crippen LogP contribution in [-0.4, -0.2) is 12.1 Å². The Hall–Kier alpha value is -0.820. The molecule has 0 heterocycles. The second-order valence-electron chi connectivity index (χ2n) is 4.85. The monoisotopic (exact) mass is 219 g/mol. The Morgan fingerprint density at radius 3 is 2.38 bits per heavy atom. The van der Waals surface area contributed by atoms with E-state index in [4.69, 9.17) is 0 Å². The summed E-state index contributed by atoms with van der Waals surface area (Å²) in [6, 6.07) is 12.0. The van der Waals surface area contributed by atoms with Crippen LogP contribution in [0.5, 0.6) is 0 Å². The molecule has 1 atom stereocenters. The molecule has 0 aliphatic carbocycles. The van der Waals surface area contributed by atoms with Gasteiger partial charge in [0, 0.05) is 12.1 Å². The van der Waals surface area contributed by atoms with Crippen LogP contribution < -0.4 is 5.32 Å². The van der Waals surface area contributed by atoms with Crippen LogP contribution in [0.25, 0.3) is 0 Å². The van der Waals surface area contributed by atoms with Gasteiger partial charge in [0.15, 0.2) is 0 Å². The fourth-order valence-electron chi connectivity index (χ4n) is 2.06. The van der Waals surface area contributed by atoms with Gasteiger partial charge in [0.1, 0.15) is 0 Å². The van der Waals surface area contributed by atoms with E-state index in [1.807, 2.05) is 0 Å². The predicted molar refractivity (Wildman–Crippen MR) is 71.7 cm³/mol. The first-order valence-corrected chi connectivity index (χ1v) is 6.52. The maximum atomic E-state index is 3.66. The topological polar surface area (TPSA) is 12.0 Å². The lowest BCUT2D eigenvalue weighted by atomic mass is 10.0. The number of hydrogen-bond acceptors (Lipinski definition) is 1. The molecule has 1 heteroatoms. The fraction of sp³-hybridized carbons (Fsp3) is 0.600. The molecule has 1 aromatic rings. The first kappa shape index (κ1) is 13.2. The molecule has 0 aliphatic heterocycles. The second-order valence-corrected chi connectivity index (χ2v) is 4.85. The van der Waals surface area contributed by atoms with Crippen LogP contribution in [0.4, 0.5) is 0 Å². The zero-order valence-electron chi connectivity index (χ0n) is 10.9. The summed E-state index contributed by atoms with van der Waals surface area (Å²) in [5, 5.41) is 3.66. The first-order chi connectivity index (χ1) is 7.72. The van der Waals surface area contributed by atoms with Crippen molar-refractivity contribution in [1.29, 1.82) is 0 Å². The minimum absolute atomic E-state index is 0.575. The lowest BCUT2D eigenvalue weighted by Crippen LogP contribution is -2.36. The van der Waals surface area contributed by atoms with Crippen LogP contribution in [0.2, 0.25) is 0 Å². The van der Waals surface area contributed by atoms with E-state index < -0.39 is 0 Å². The molecule has 16 heavy (non-hydrogen) atoms. The normalized spacial score (nSPS) is 13.0. The van der Waals surface area contributed by atoms with Crippen LogP contribution >= 0.6 is 0 Å². The van der Waals surface area contributed by atoms with Crippen molar-refractivity contribution in [2.45, 2.75) is 58.5 Å². The highest BCUT2D eigenvalue weighted by molar-refractivity contribution is 5.15. The van der Waals surface area contributed by atoms with Gasteiger partial charge in [0.05, 0.1) is 0 Å². The maximum Gasteiger partial charge on any atom is 0.0110 e. The van der Waals surface area contributed by atoms with Crippen LogP contribution in [0, 0.1) is 0 Å². The van der Waals surface area contributed by atoms with E-state index in [2.05, 4.69) is 56.4 Å². The molecule has 0 bridgehead atoms. The summed E-state index contributed by atoms with van der Waals surface area (Å²) in [5.41, 5.74) is 1.44. The van der Waals surface area contributed by atoms with Gasteiger partial charge in [-0.05, 0) is 18.4 Å². The van der Waals surface area contributed by atoms with E-state index in [0.717, 1.165) is 6.42 Å². The zero-order valence-corrected chi connectivity index (χ0v) is 10.9. The first-order valence-electron chi connectivity index (χ1n) is 6.52. The minimum Gasteiger partial charge on any atom is -0.311 e. The molecule has 0 fully saturated rings. The van der Waals surface area contributed by atoms with Crippen molar-refractivity contribution in [3.05, 3.63) is 35.9 Å². The molecular weight excluding hydrogens is 194 g/mol. The Morgan fingerprint density at radius 2 is 1.81 bits per heavy atom. The van der Waals surface area contributed by atoms with E-state index in [1.165, 1.54) is 24.8 Å². The highest BCUT2D eigenvalue weighted by Gasteiger charge is 2.09. The Kier molecular flexibility index (Phi) is 6.17. The van der Waals surface area contributed by atoms with Gasteiger partial charge in [-0.15, -0.1) is 0 Å². The van der Waals surface area contributed by atoms with Gasteiger partial charge in [-0.3, -0.25) is 0 Å². The molecule has 0 saturated heterocycles. The van der Waals surface area contributed by atoms with E-state index >= 15 is 0 Å². The van der Waals surface area contributed by atoms with Gasteiger partial charge in [0.2, 0.25) is 0 Å². The summed E-state index contributed by atoms with van der Waals surface area (Å²) in [6.45, 7) is 6.71. The molecule has 0 aromatic heterocycles. The summed E-state index contributed by atoms with van der Waals surface area (Å²) < 4.78 is 0. The number of rotatable bonds is 7. The molecule has 1 aromatic carbocycles. The lowest BCUT2D eigenvalue weighted by Gasteiger charge is -2.21. The van der Waals surface area contributed by atoms with Gasteiger partial charge in [-0.1, -0.05) is 63.9 Å². The molecule has 0 aliphatic rings. The standard InChI is InChI=1S/C15H25N/c1-4-5-11-15(16-13(2)3)12-14-9-7-6-8-10-14/h6-10,13,15-16H,4-5,11-12H2,1-3H3. The molecule has 0 amide bonds. The zero-order chi connectivity index (χ0) is 11.8. The summed E-state index contributed by atoms with van der Waals surface area (Å²) in [5.74, 6) is 0. The molecule has 1 nitrogen and oxygen atoms in total. The van der Waals surface area contributed by atoms with Crippen LogP contribution in [-0.2, 0) is 6.42 Å². The molecule has 1 rings (SSSR count). The molecule has 0 saturated carbocycles. The third-order valence-corrected chi connectivity index (χ3v) is 2.80. The summed E-state index contributed by atoms with van der Waals surface area (Å²) in [6.07, 6.45) is 5.03. The Labute approximate surface area is 100 Å². The third kappa shape index (κ3) is 5.32. The smallest absolute Gasteiger partial charge is 0.0110 e. The van der Waals surface area contributed by atoms with E-state index in [-0.39, 0.29) is 0 Å². The molecule has 0 radical (unpaired) electrons. The van der Waals surface area contributed by atoms with Crippen molar-refractivity contribution in [1.82, 2.24) is 5.32 Å². The third-order valence-electron chi connectivity index (χ3n) is 2.80. The molecule has 0 spiro atoms. The van der Waals surface area contributed by atoms with Crippen molar-refractivity contribution in [2.24, 2.45) is 0 Å². The summed E-state index contributed by atoms with van der Waals surface area (Å²) in [7, 11) is 0. The van der Waals surface area contributed by atoms with Crippen molar-refractivity contribution < 1.29 is 0 Å². The van der Waals surface area contributed by atoms with Crippen LogP contribution in [0.1, 0.15) is 45.6 Å². The summed E-state index contributed by atoms with van der Waals surface area (Å²) >= 11 is 0. The van der Waals surface area contributed by atoms with Crippen molar-refractivity contribution in [3.8, 4) is 0 Å². The van der Waals surface area contributed by atoms with Crippen molar-refractivity contribution in [3.63, 3.8) is 0 Å². The Bertz CT molecular complexity index is 266. The SMILES string of the molecule is CCCCC(Cc1ccccc1)NC(C)C. The quantitative estimate of drug-likeness (QED) is 0.736. The number of nitrogens with one attached hydrogen (secondary N) is 1. The highest BCUT2D eigenvalue weighted by Crippen LogP contribution is 2.09. The molecule has 90 valence electrons. The lowest BCUT2D eigenvalue weighted by molar-refractivity contribution is 0.425. The van der Waals surface area contributed by atoms with E-state index in [1.54, 1.807) is 0 Å². The van der Waals surface area contributed by atoms with Gasteiger partial charge < -0.3 is 5.32 Å². The van der Waals surface area contributed by atoms with Crippen molar-refractivity contribution in [2.75, 3.05) is 0 Å². The van der Waals surface area contributed by atoms with Gasteiger partial charge in [-0.2, -0.15) is 0 Å². The largest absolute Gasteiger partial charge is 0.311 e. The van der Waals surface area contributed by atoms with Gasteiger partial charge in [-0.25, -0.2) is 0 Å².